The van der Waals surface area contributed by atoms with Crippen molar-refractivity contribution in [2.75, 3.05) is 25.6 Å². The molecule has 23 heavy (non-hydrogen) atoms. The number of nitrogens with zero attached hydrogens (tertiary/aromatic N) is 1. The van der Waals surface area contributed by atoms with Gasteiger partial charge in [-0.1, -0.05) is 30.3 Å². The minimum Gasteiger partial charge on any atom is -0.475 e. The summed E-state index contributed by atoms with van der Waals surface area (Å²) in [6.07, 6.45) is 3.38. The molecule has 0 aliphatic heterocycles. The SMILES string of the molecule is COCCOc1ccc(NC(=O)C2(c3ccccc3)CC2)cn1. The van der Waals surface area contributed by atoms with E-state index >= 15 is 0 Å². The zero-order chi connectivity index (χ0) is 16.1. The zero-order valence-corrected chi connectivity index (χ0v) is 13.1. The topological polar surface area (TPSA) is 60.5 Å². The van der Waals surface area contributed by atoms with E-state index < -0.39 is 0 Å². The van der Waals surface area contributed by atoms with Gasteiger partial charge in [-0.15, -0.1) is 0 Å². The second kappa shape index (κ2) is 6.79. The highest BCUT2D eigenvalue weighted by molar-refractivity contribution is 6.01. The molecule has 1 aromatic heterocycles. The highest BCUT2D eigenvalue weighted by Crippen LogP contribution is 2.48. The maximum absolute atomic E-state index is 12.6. The third-order valence-electron chi connectivity index (χ3n) is 4.04. The first-order valence-corrected chi connectivity index (χ1v) is 7.69. The number of hydrogen-bond acceptors (Lipinski definition) is 4. The van der Waals surface area contributed by atoms with Crippen molar-refractivity contribution < 1.29 is 14.3 Å². The third kappa shape index (κ3) is 3.51. The molecule has 0 saturated heterocycles. The average Bonchev–Trinajstić information content (AvgIpc) is 3.39. The Kier molecular flexibility index (Phi) is 4.57. The second-order valence-electron chi connectivity index (χ2n) is 5.63. The van der Waals surface area contributed by atoms with E-state index in [9.17, 15) is 4.79 Å². The predicted octanol–water partition coefficient (Wildman–Crippen LogP) is 2.78. The highest BCUT2D eigenvalue weighted by Gasteiger charge is 2.51. The van der Waals surface area contributed by atoms with Gasteiger partial charge in [0.05, 0.1) is 23.9 Å². The quantitative estimate of drug-likeness (QED) is 0.799. The molecule has 2 aromatic rings. The number of nitrogens with one attached hydrogen (secondary N) is 1. The summed E-state index contributed by atoms with van der Waals surface area (Å²) in [5.74, 6) is 0.544. The van der Waals surface area contributed by atoms with E-state index in [1.54, 1.807) is 25.4 Å². The van der Waals surface area contributed by atoms with Crippen molar-refractivity contribution >= 4 is 11.6 Å². The molecule has 0 radical (unpaired) electrons. The number of pyridine rings is 1. The monoisotopic (exact) mass is 312 g/mol. The van der Waals surface area contributed by atoms with Crippen LogP contribution in [0.3, 0.4) is 0 Å². The molecule has 0 atom stereocenters. The summed E-state index contributed by atoms with van der Waals surface area (Å²) in [6.45, 7) is 0.964. The first-order valence-electron chi connectivity index (χ1n) is 7.69. The third-order valence-corrected chi connectivity index (χ3v) is 4.04. The van der Waals surface area contributed by atoms with E-state index in [2.05, 4.69) is 10.3 Å². The summed E-state index contributed by atoms with van der Waals surface area (Å²) < 4.78 is 10.3. The molecular weight excluding hydrogens is 292 g/mol. The Hall–Kier alpha value is -2.40. The molecule has 1 N–H and O–H groups in total. The van der Waals surface area contributed by atoms with Crippen LogP contribution in [0.15, 0.2) is 48.7 Å². The van der Waals surface area contributed by atoms with Crippen molar-refractivity contribution in [3.05, 3.63) is 54.2 Å². The summed E-state index contributed by atoms with van der Waals surface area (Å²) >= 11 is 0. The van der Waals surface area contributed by atoms with Gasteiger partial charge in [0, 0.05) is 13.2 Å². The van der Waals surface area contributed by atoms with Crippen LogP contribution in [-0.4, -0.2) is 31.2 Å². The summed E-state index contributed by atoms with van der Waals surface area (Å²) in [6, 6.07) is 13.5. The number of benzene rings is 1. The van der Waals surface area contributed by atoms with Gasteiger partial charge in [-0.3, -0.25) is 4.79 Å². The Morgan fingerprint density at radius 1 is 1.17 bits per heavy atom. The van der Waals surface area contributed by atoms with E-state index in [1.165, 1.54) is 0 Å². The van der Waals surface area contributed by atoms with Gasteiger partial charge in [-0.25, -0.2) is 4.98 Å². The number of carbonyl (C=O) groups excluding carboxylic acids is 1. The fraction of sp³-hybridized carbons (Fsp3) is 0.333. The minimum absolute atomic E-state index is 0.0264. The normalized spacial score (nSPS) is 15.0. The number of anilines is 1. The molecule has 1 aromatic carbocycles. The van der Waals surface area contributed by atoms with E-state index in [4.69, 9.17) is 9.47 Å². The number of aromatic nitrogens is 1. The molecular formula is C18H20N2O3. The van der Waals surface area contributed by atoms with Gasteiger partial charge in [0.25, 0.3) is 0 Å². The van der Waals surface area contributed by atoms with Gasteiger partial charge in [0.2, 0.25) is 11.8 Å². The van der Waals surface area contributed by atoms with E-state index in [0.717, 1.165) is 18.4 Å². The summed E-state index contributed by atoms with van der Waals surface area (Å²) in [5.41, 5.74) is 1.37. The Morgan fingerprint density at radius 3 is 2.57 bits per heavy atom. The van der Waals surface area contributed by atoms with Gasteiger partial charge in [-0.05, 0) is 24.5 Å². The van der Waals surface area contributed by atoms with Crippen LogP contribution in [0.5, 0.6) is 5.88 Å². The summed E-state index contributed by atoms with van der Waals surface area (Å²) in [4.78, 5) is 16.8. The first-order chi connectivity index (χ1) is 11.2. The van der Waals surface area contributed by atoms with Gasteiger partial charge < -0.3 is 14.8 Å². The smallest absolute Gasteiger partial charge is 0.235 e. The lowest BCUT2D eigenvalue weighted by Gasteiger charge is -2.15. The number of carbonyl (C=O) groups is 1. The summed E-state index contributed by atoms with van der Waals surface area (Å²) in [7, 11) is 1.62. The van der Waals surface area contributed by atoms with Crippen molar-refractivity contribution in [3.8, 4) is 5.88 Å². The van der Waals surface area contributed by atoms with Gasteiger partial charge in [-0.2, -0.15) is 0 Å². The molecule has 5 nitrogen and oxygen atoms in total. The molecule has 0 spiro atoms. The molecule has 1 aliphatic rings. The average molecular weight is 312 g/mol. The second-order valence-corrected chi connectivity index (χ2v) is 5.63. The number of hydrogen-bond donors (Lipinski definition) is 1. The highest BCUT2D eigenvalue weighted by atomic mass is 16.5. The van der Waals surface area contributed by atoms with Crippen LogP contribution in [0.4, 0.5) is 5.69 Å². The Bertz CT molecular complexity index is 652. The van der Waals surface area contributed by atoms with Crippen LogP contribution < -0.4 is 10.1 Å². The molecule has 120 valence electrons. The lowest BCUT2D eigenvalue weighted by molar-refractivity contribution is -0.118. The Morgan fingerprint density at radius 2 is 1.96 bits per heavy atom. The molecule has 5 heteroatoms. The van der Waals surface area contributed by atoms with Crippen molar-refractivity contribution in [2.45, 2.75) is 18.3 Å². The molecule has 1 heterocycles. The van der Waals surface area contributed by atoms with E-state index in [0.29, 0.717) is 24.8 Å². The summed E-state index contributed by atoms with van der Waals surface area (Å²) in [5, 5.41) is 2.96. The first kappa shape index (κ1) is 15.5. The van der Waals surface area contributed by atoms with Crippen LogP contribution in [0, 0.1) is 0 Å². The van der Waals surface area contributed by atoms with Crippen LogP contribution >= 0.6 is 0 Å². The lowest BCUT2D eigenvalue weighted by Crippen LogP contribution is -2.27. The predicted molar refractivity (Wildman–Crippen MR) is 87.6 cm³/mol. The van der Waals surface area contributed by atoms with E-state index in [-0.39, 0.29) is 11.3 Å². The minimum atomic E-state index is -0.380. The molecule has 1 saturated carbocycles. The Balaban J connectivity index is 1.62. The molecule has 3 rings (SSSR count). The standard InChI is InChI=1S/C18H20N2O3/c1-22-11-12-23-16-8-7-15(13-19-16)20-17(21)18(9-10-18)14-5-3-2-4-6-14/h2-8,13H,9-12H2,1H3,(H,20,21). The van der Waals surface area contributed by atoms with E-state index in [1.807, 2.05) is 30.3 Å². The van der Waals surface area contributed by atoms with Crippen molar-refractivity contribution in [3.63, 3.8) is 0 Å². The largest absolute Gasteiger partial charge is 0.475 e. The Labute approximate surface area is 135 Å². The number of ether oxygens (including phenoxy) is 2. The van der Waals surface area contributed by atoms with Crippen LogP contribution in [0.1, 0.15) is 18.4 Å². The van der Waals surface area contributed by atoms with Crippen molar-refractivity contribution in [1.29, 1.82) is 0 Å². The maximum Gasteiger partial charge on any atom is 0.235 e. The van der Waals surface area contributed by atoms with Crippen molar-refractivity contribution in [2.24, 2.45) is 0 Å². The van der Waals surface area contributed by atoms with Gasteiger partial charge >= 0.3 is 0 Å². The molecule has 0 bridgehead atoms. The van der Waals surface area contributed by atoms with Crippen molar-refractivity contribution in [1.82, 2.24) is 4.98 Å². The lowest BCUT2D eigenvalue weighted by atomic mass is 9.95. The van der Waals surface area contributed by atoms with Crippen LogP contribution in [0.25, 0.3) is 0 Å². The zero-order valence-electron chi connectivity index (χ0n) is 13.1. The molecule has 1 aliphatic carbocycles. The number of methoxy groups -OCH3 is 1. The van der Waals surface area contributed by atoms with Gasteiger partial charge in [0.1, 0.15) is 6.61 Å². The molecule has 0 unspecified atom stereocenters. The van der Waals surface area contributed by atoms with Crippen LogP contribution in [0.2, 0.25) is 0 Å². The fourth-order valence-electron chi connectivity index (χ4n) is 2.55. The number of rotatable bonds is 7. The molecule has 1 fully saturated rings. The van der Waals surface area contributed by atoms with Gasteiger partial charge in [0.15, 0.2) is 0 Å². The molecule has 1 amide bonds. The van der Waals surface area contributed by atoms with Crippen LogP contribution in [-0.2, 0) is 14.9 Å². The number of amides is 1. The maximum atomic E-state index is 12.6. The fourth-order valence-corrected chi connectivity index (χ4v) is 2.55.